The summed E-state index contributed by atoms with van der Waals surface area (Å²) in [6.45, 7) is 4.67. The molecule has 17 heavy (non-hydrogen) atoms. The summed E-state index contributed by atoms with van der Waals surface area (Å²) in [5.74, 6) is 0. The lowest BCUT2D eigenvalue weighted by Crippen LogP contribution is -2.48. The Hall–Kier alpha value is 0.160. The van der Waals surface area contributed by atoms with E-state index in [4.69, 9.17) is 11.6 Å². The Morgan fingerprint density at radius 3 is 2.35 bits per heavy atom. The molecule has 1 aliphatic carbocycles. The highest BCUT2D eigenvalue weighted by atomic mass is 35.5. The van der Waals surface area contributed by atoms with Crippen molar-refractivity contribution < 1.29 is 8.42 Å². The van der Waals surface area contributed by atoms with Crippen LogP contribution in [0, 0.1) is 0 Å². The largest absolute Gasteiger partial charge is 0.279 e. The van der Waals surface area contributed by atoms with Crippen molar-refractivity contribution in [3.8, 4) is 0 Å². The van der Waals surface area contributed by atoms with Gasteiger partial charge in [0, 0.05) is 24.5 Å². The lowest BCUT2D eigenvalue weighted by molar-refractivity contribution is 0.418. The summed E-state index contributed by atoms with van der Waals surface area (Å²) in [6.07, 6.45) is 5.03. The van der Waals surface area contributed by atoms with Gasteiger partial charge in [0.15, 0.2) is 0 Å². The van der Waals surface area contributed by atoms with Crippen LogP contribution in [0.15, 0.2) is 0 Å². The summed E-state index contributed by atoms with van der Waals surface area (Å²) < 4.78 is 28.3. The molecule has 1 rings (SSSR count). The zero-order valence-electron chi connectivity index (χ0n) is 10.7. The molecule has 1 aliphatic rings. The maximum Gasteiger partial charge on any atom is 0.279 e. The summed E-state index contributed by atoms with van der Waals surface area (Å²) in [6, 6.07) is -0.121. The van der Waals surface area contributed by atoms with E-state index in [1.165, 1.54) is 4.31 Å². The molecule has 4 nitrogen and oxygen atoms in total. The third kappa shape index (κ3) is 4.39. The first kappa shape index (κ1) is 15.2. The third-order valence-electron chi connectivity index (χ3n) is 3.28. The SMILES string of the molecule is CCN(CC)S(=O)(=O)NC1CCCCCC1Cl. The predicted molar refractivity (Wildman–Crippen MR) is 71.5 cm³/mol. The third-order valence-corrected chi connectivity index (χ3v) is 5.60. The van der Waals surface area contributed by atoms with Crippen LogP contribution >= 0.6 is 11.6 Å². The summed E-state index contributed by atoms with van der Waals surface area (Å²) in [5, 5.41) is -0.0807. The Morgan fingerprint density at radius 1 is 1.18 bits per heavy atom. The van der Waals surface area contributed by atoms with E-state index in [2.05, 4.69) is 4.72 Å². The fourth-order valence-electron chi connectivity index (χ4n) is 2.22. The zero-order chi connectivity index (χ0) is 12.9. The van der Waals surface area contributed by atoms with Gasteiger partial charge in [-0.05, 0) is 12.8 Å². The van der Waals surface area contributed by atoms with Crippen LogP contribution < -0.4 is 4.72 Å². The first-order chi connectivity index (χ1) is 8.01. The Kier molecular flexibility index (Phi) is 6.20. The van der Waals surface area contributed by atoms with Crippen LogP contribution in [-0.4, -0.2) is 37.2 Å². The molecule has 1 saturated carbocycles. The summed E-state index contributed by atoms with van der Waals surface area (Å²) in [5.41, 5.74) is 0. The normalized spacial score (nSPS) is 27.1. The topological polar surface area (TPSA) is 49.4 Å². The predicted octanol–water partition coefficient (Wildman–Crippen LogP) is 2.10. The van der Waals surface area contributed by atoms with Gasteiger partial charge in [-0.25, -0.2) is 0 Å². The molecule has 102 valence electrons. The molecule has 0 radical (unpaired) electrons. The number of rotatable bonds is 5. The first-order valence-corrected chi connectivity index (χ1v) is 8.30. The van der Waals surface area contributed by atoms with Gasteiger partial charge in [-0.2, -0.15) is 17.4 Å². The van der Waals surface area contributed by atoms with Gasteiger partial charge in [-0.3, -0.25) is 0 Å². The lowest BCUT2D eigenvalue weighted by atomic mass is 10.1. The van der Waals surface area contributed by atoms with E-state index in [0.29, 0.717) is 13.1 Å². The Balaban J connectivity index is 2.67. The average Bonchev–Trinajstić information content (AvgIpc) is 2.45. The number of halogens is 1. The van der Waals surface area contributed by atoms with E-state index in [1.54, 1.807) is 0 Å². The van der Waals surface area contributed by atoms with Gasteiger partial charge in [0.05, 0.1) is 0 Å². The van der Waals surface area contributed by atoms with Gasteiger partial charge in [0.2, 0.25) is 0 Å². The number of nitrogens with zero attached hydrogens (tertiary/aromatic N) is 1. The molecule has 2 unspecified atom stereocenters. The molecule has 0 saturated heterocycles. The maximum atomic E-state index is 12.1. The molecule has 0 aromatic carbocycles. The highest BCUT2D eigenvalue weighted by molar-refractivity contribution is 7.87. The molecule has 0 aromatic heterocycles. The summed E-state index contributed by atoms with van der Waals surface area (Å²) in [7, 11) is -3.37. The zero-order valence-corrected chi connectivity index (χ0v) is 12.2. The highest BCUT2D eigenvalue weighted by Gasteiger charge is 2.28. The van der Waals surface area contributed by atoms with Crippen molar-refractivity contribution in [3.05, 3.63) is 0 Å². The molecule has 6 heteroatoms. The van der Waals surface area contributed by atoms with Crippen molar-refractivity contribution in [3.63, 3.8) is 0 Å². The van der Waals surface area contributed by atoms with Gasteiger partial charge in [-0.15, -0.1) is 11.6 Å². The quantitative estimate of drug-likeness (QED) is 0.620. The van der Waals surface area contributed by atoms with Crippen LogP contribution in [0.25, 0.3) is 0 Å². The Morgan fingerprint density at radius 2 is 1.76 bits per heavy atom. The highest BCUT2D eigenvalue weighted by Crippen LogP contribution is 2.23. The van der Waals surface area contributed by atoms with E-state index in [-0.39, 0.29) is 11.4 Å². The second-order valence-corrected chi connectivity index (χ2v) is 6.73. The van der Waals surface area contributed by atoms with Crippen LogP contribution in [0.2, 0.25) is 0 Å². The van der Waals surface area contributed by atoms with Crippen molar-refractivity contribution in [1.29, 1.82) is 0 Å². The minimum Gasteiger partial charge on any atom is -0.198 e. The molecule has 2 atom stereocenters. The summed E-state index contributed by atoms with van der Waals surface area (Å²) in [4.78, 5) is 0. The van der Waals surface area contributed by atoms with E-state index >= 15 is 0 Å². The van der Waals surface area contributed by atoms with Gasteiger partial charge in [-0.1, -0.05) is 33.1 Å². The van der Waals surface area contributed by atoms with Crippen molar-refractivity contribution in [2.45, 2.75) is 57.4 Å². The fraction of sp³-hybridized carbons (Fsp3) is 1.00. The fourth-order valence-corrected chi connectivity index (χ4v) is 4.14. The minimum atomic E-state index is -3.37. The minimum absolute atomic E-state index is 0.0807. The molecule has 0 heterocycles. The number of alkyl halides is 1. The van der Waals surface area contributed by atoms with E-state index in [9.17, 15) is 8.42 Å². The average molecular weight is 283 g/mol. The van der Waals surface area contributed by atoms with Gasteiger partial charge < -0.3 is 0 Å². The molecule has 1 fully saturated rings. The molecule has 0 amide bonds. The van der Waals surface area contributed by atoms with E-state index < -0.39 is 10.2 Å². The summed E-state index contributed by atoms with van der Waals surface area (Å²) >= 11 is 6.24. The van der Waals surface area contributed by atoms with Crippen LogP contribution in [0.3, 0.4) is 0 Å². The Labute approximate surface area is 110 Å². The standard InChI is InChI=1S/C11H23ClN2O2S/c1-3-14(4-2)17(15,16)13-11-9-7-5-6-8-10(11)12/h10-11,13H,3-9H2,1-2H3. The van der Waals surface area contributed by atoms with Gasteiger partial charge in [0.1, 0.15) is 0 Å². The molecular weight excluding hydrogens is 260 g/mol. The number of hydrogen-bond acceptors (Lipinski definition) is 2. The van der Waals surface area contributed by atoms with Gasteiger partial charge in [0.25, 0.3) is 10.2 Å². The van der Waals surface area contributed by atoms with Crippen LogP contribution in [-0.2, 0) is 10.2 Å². The maximum absolute atomic E-state index is 12.1. The second kappa shape index (κ2) is 6.92. The van der Waals surface area contributed by atoms with Crippen molar-refractivity contribution in [1.82, 2.24) is 9.03 Å². The molecule has 0 bridgehead atoms. The van der Waals surface area contributed by atoms with Crippen LogP contribution in [0.1, 0.15) is 46.0 Å². The van der Waals surface area contributed by atoms with E-state index in [1.807, 2.05) is 13.8 Å². The molecule has 1 N–H and O–H groups in total. The number of nitrogens with one attached hydrogen (secondary N) is 1. The molecule has 0 aromatic rings. The van der Waals surface area contributed by atoms with Crippen molar-refractivity contribution in [2.75, 3.05) is 13.1 Å². The first-order valence-electron chi connectivity index (χ1n) is 6.42. The molecule has 0 aliphatic heterocycles. The lowest BCUT2D eigenvalue weighted by Gasteiger charge is -2.25. The second-order valence-electron chi connectivity index (χ2n) is 4.47. The monoisotopic (exact) mass is 282 g/mol. The Bertz CT molecular complexity index is 317. The van der Waals surface area contributed by atoms with Crippen LogP contribution in [0.5, 0.6) is 0 Å². The molecular formula is C11H23ClN2O2S. The molecule has 0 spiro atoms. The van der Waals surface area contributed by atoms with Gasteiger partial charge >= 0.3 is 0 Å². The van der Waals surface area contributed by atoms with Crippen molar-refractivity contribution >= 4 is 21.8 Å². The van der Waals surface area contributed by atoms with E-state index in [0.717, 1.165) is 32.1 Å². The van der Waals surface area contributed by atoms with Crippen LogP contribution in [0.4, 0.5) is 0 Å². The van der Waals surface area contributed by atoms with Crippen molar-refractivity contribution in [2.24, 2.45) is 0 Å². The smallest absolute Gasteiger partial charge is 0.198 e. The number of hydrogen-bond donors (Lipinski definition) is 1.